The van der Waals surface area contributed by atoms with Crippen molar-refractivity contribution in [2.45, 2.75) is 25.9 Å². The minimum Gasteiger partial charge on any atom is -0.494 e. The Balaban J connectivity index is 1.92. The third-order valence-electron chi connectivity index (χ3n) is 4.71. The van der Waals surface area contributed by atoms with Gasteiger partial charge in [-0.05, 0) is 49.7 Å². The van der Waals surface area contributed by atoms with E-state index < -0.39 is 21.7 Å². The van der Waals surface area contributed by atoms with Gasteiger partial charge in [0.05, 0.1) is 24.7 Å². The zero-order valence-corrected chi connectivity index (χ0v) is 17.0. The Labute approximate surface area is 169 Å². The Morgan fingerprint density at radius 2 is 1.96 bits per heavy atom. The van der Waals surface area contributed by atoms with Crippen molar-refractivity contribution in [3.8, 4) is 5.75 Å². The van der Waals surface area contributed by atoms with Gasteiger partial charge in [-0.15, -0.1) is 0 Å². The van der Waals surface area contributed by atoms with Crippen LogP contribution in [0.1, 0.15) is 29.3 Å². The summed E-state index contributed by atoms with van der Waals surface area (Å²) in [6.07, 6.45) is 0.317. The number of halogens is 2. The Morgan fingerprint density at radius 3 is 2.54 bits per heavy atom. The van der Waals surface area contributed by atoms with Crippen molar-refractivity contribution >= 4 is 27.3 Å². The van der Waals surface area contributed by atoms with Crippen molar-refractivity contribution in [1.82, 2.24) is 4.90 Å². The van der Waals surface area contributed by atoms with Gasteiger partial charge >= 0.3 is 0 Å². The van der Waals surface area contributed by atoms with Gasteiger partial charge in [-0.25, -0.2) is 12.8 Å². The Kier molecular flexibility index (Phi) is 6.25. The molecule has 1 amide bonds. The lowest BCUT2D eigenvalue weighted by molar-refractivity contribution is 0.0679. The molecule has 150 valence electrons. The van der Waals surface area contributed by atoms with Crippen molar-refractivity contribution < 1.29 is 22.3 Å². The molecule has 1 aliphatic rings. The van der Waals surface area contributed by atoms with Crippen LogP contribution >= 0.6 is 11.6 Å². The molecule has 1 saturated heterocycles. The van der Waals surface area contributed by atoms with Gasteiger partial charge < -0.3 is 9.64 Å². The molecule has 0 unspecified atom stereocenters. The topological polar surface area (TPSA) is 63.7 Å². The third-order valence-corrected chi connectivity index (χ3v) is 6.82. The first-order chi connectivity index (χ1) is 13.3. The van der Waals surface area contributed by atoms with Crippen molar-refractivity contribution in [1.29, 1.82) is 0 Å². The van der Waals surface area contributed by atoms with E-state index in [2.05, 4.69) is 0 Å². The zero-order chi connectivity index (χ0) is 20.3. The second-order valence-electron chi connectivity index (χ2n) is 6.65. The van der Waals surface area contributed by atoms with E-state index in [9.17, 15) is 17.6 Å². The van der Waals surface area contributed by atoms with Gasteiger partial charge in [0.25, 0.3) is 5.91 Å². The smallest absolute Gasteiger partial charge is 0.254 e. The van der Waals surface area contributed by atoms with Crippen molar-refractivity contribution in [2.75, 3.05) is 18.1 Å². The van der Waals surface area contributed by atoms with Crippen LogP contribution in [-0.4, -0.2) is 43.4 Å². The molecule has 2 aromatic carbocycles. The summed E-state index contributed by atoms with van der Waals surface area (Å²) < 4.78 is 43.6. The van der Waals surface area contributed by atoms with Gasteiger partial charge in [-0.2, -0.15) is 0 Å². The maximum atomic E-state index is 14.3. The number of nitrogens with zero attached hydrogens (tertiary/aromatic N) is 1. The first-order valence-electron chi connectivity index (χ1n) is 8.98. The normalized spacial score (nSPS) is 18.0. The zero-order valence-electron chi connectivity index (χ0n) is 15.4. The van der Waals surface area contributed by atoms with Gasteiger partial charge in [-0.3, -0.25) is 4.79 Å². The number of carbonyl (C=O) groups is 1. The lowest BCUT2D eigenvalue weighted by Crippen LogP contribution is -2.41. The number of ether oxygens (including phenoxy) is 1. The first kappa shape index (κ1) is 20.6. The van der Waals surface area contributed by atoms with Crippen LogP contribution in [0.3, 0.4) is 0 Å². The van der Waals surface area contributed by atoms with E-state index in [-0.39, 0.29) is 34.5 Å². The summed E-state index contributed by atoms with van der Waals surface area (Å²) in [5, 5.41) is 0.199. The number of carbonyl (C=O) groups excluding carboxylic acids is 1. The standard InChI is InChI=1S/C20H21ClFNO4S/c1-2-27-16-8-6-14(7-9-16)20(24)23(15-10-11-28(25,26)13-15)12-17-18(21)4-3-5-19(17)22/h3-9,15H,2,10-13H2,1H3/t15-/m0/s1. The highest BCUT2D eigenvalue weighted by molar-refractivity contribution is 7.91. The van der Waals surface area contributed by atoms with Gasteiger partial charge in [0.1, 0.15) is 11.6 Å². The Hall–Kier alpha value is -2.12. The van der Waals surface area contributed by atoms with Crippen molar-refractivity contribution in [2.24, 2.45) is 0 Å². The molecule has 28 heavy (non-hydrogen) atoms. The molecule has 0 radical (unpaired) electrons. The Morgan fingerprint density at radius 1 is 1.25 bits per heavy atom. The van der Waals surface area contributed by atoms with Crippen LogP contribution in [-0.2, 0) is 16.4 Å². The lowest BCUT2D eigenvalue weighted by atomic mass is 10.1. The van der Waals surface area contributed by atoms with Crippen LogP contribution in [0.4, 0.5) is 4.39 Å². The number of hydrogen-bond donors (Lipinski definition) is 0. The Bertz CT molecular complexity index is 942. The number of amides is 1. The van der Waals surface area contributed by atoms with E-state index in [1.165, 1.54) is 17.0 Å². The highest BCUT2D eigenvalue weighted by atomic mass is 35.5. The monoisotopic (exact) mass is 425 g/mol. The summed E-state index contributed by atoms with van der Waals surface area (Å²) in [6, 6.07) is 10.4. The fourth-order valence-corrected chi connectivity index (χ4v) is 5.22. The first-order valence-corrected chi connectivity index (χ1v) is 11.2. The van der Waals surface area contributed by atoms with E-state index in [4.69, 9.17) is 16.3 Å². The van der Waals surface area contributed by atoms with Crippen LogP contribution in [0.15, 0.2) is 42.5 Å². The molecule has 0 aromatic heterocycles. The molecule has 1 aliphatic heterocycles. The molecule has 0 aliphatic carbocycles. The molecule has 0 saturated carbocycles. The minimum atomic E-state index is -3.22. The number of hydrogen-bond acceptors (Lipinski definition) is 4. The van der Waals surface area contributed by atoms with E-state index >= 15 is 0 Å². The molecule has 0 bridgehead atoms. The van der Waals surface area contributed by atoms with Crippen molar-refractivity contribution in [3.63, 3.8) is 0 Å². The molecule has 0 spiro atoms. The number of benzene rings is 2. The summed E-state index contributed by atoms with van der Waals surface area (Å²) in [4.78, 5) is 14.6. The molecule has 2 aromatic rings. The predicted octanol–water partition coefficient (Wildman–Crippen LogP) is 3.71. The van der Waals surface area contributed by atoms with Crippen LogP contribution in [0, 0.1) is 5.82 Å². The third kappa shape index (κ3) is 4.64. The quantitative estimate of drug-likeness (QED) is 0.707. The molecular weight excluding hydrogens is 405 g/mol. The molecular formula is C20H21ClFNO4S. The SMILES string of the molecule is CCOc1ccc(C(=O)N(Cc2c(F)cccc2Cl)[C@H]2CCS(=O)(=O)C2)cc1. The molecule has 8 heteroatoms. The van der Waals surface area contributed by atoms with E-state index in [1.807, 2.05) is 6.92 Å². The summed E-state index contributed by atoms with van der Waals surface area (Å²) in [7, 11) is -3.22. The highest BCUT2D eigenvalue weighted by Gasteiger charge is 2.35. The van der Waals surface area contributed by atoms with Crippen LogP contribution < -0.4 is 4.74 Å². The average Bonchev–Trinajstić information content (AvgIpc) is 3.01. The largest absolute Gasteiger partial charge is 0.494 e. The summed E-state index contributed by atoms with van der Waals surface area (Å²) >= 11 is 6.13. The van der Waals surface area contributed by atoms with E-state index in [0.29, 0.717) is 24.3 Å². The summed E-state index contributed by atoms with van der Waals surface area (Å²) in [5.74, 6) is -0.397. The van der Waals surface area contributed by atoms with Gasteiger partial charge in [-0.1, -0.05) is 17.7 Å². The number of sulfone groups is 1. The fourth-order valence-electron chi connectivity index (χ4n) is 3.27. The second kappa shape index (κ2) is 8.49. The summed E-state index contributed by atoms with van der Waals surface area (Å²) in [5.41, 5.74) is 0.549. The predicted molar refractivity (Wildman–Crippen MR) is 106 cm³/mol. The number of rotatable bonds is 6. The molecule has 5 nitrogen and oxygen atoms in total. The van der Waals surface area contributed by atoms with E-state index in [1.54, 1.807) is 30.3 Å². The molecule has 1 fully saturated rings. The molecule has 1 atom stereocenters. The maximum Gasteiger partial charge on any atom is 0.254 e. The molecule has 0 N–H and O–H groups in total. The van der Waals surface area contributed by atoms with Gasteiger partial charge in [0, 0.05) is 22.2 Å². The van der Waals surface area contributed by atoms with Crippen molar-refractivity contribution in [3.05, 3.63) is 64.4 Å². The van der Waals surface area contributed by atoms with Gasteiger partial charge in [0.2, 0.25) is 0 Å². The fraction of sp³-hybridized carbons (Fsp3) is 0.350. The highest BCUT2D eigenvalue weighted by Crippen LogP contribution is 2.27. The van der Waals surface area contributed by atoms with Gasteiger partial charge in [0.15, 0.2) is 9.84 Å². The van der Waals surface area contributed by atoms with Crippen LogP contribution in [0.2, 0.25) is 5.02 Å². The molecule has 3 rings (SSSR count). The van der Waals surface area contributed by atoms with Crippen LogP contribution in [0.5, 0.6) is 5.75 Å². The summed E-state index contributed by atoms with van der Waals surface area (Å²) in [6.45, 7) is 2.27. The second-order valence-corrected chi connectivity index (χ2v) is 9.28. The molecule has 1 heterocycles. The van der Waals surface area contributed by atoms with E-state index in [0.717, 1.165) is 0 Å². The average molecular weight is 426 g/mol. The lowest BCUT2D eigenvalue weighted by Gasteiger charge is -2.29. The maximum absolute atomic E-state index is 14.3. The van der Waals surface area contributed by atoms with Crippen LogP contribution in [0.25, 0.3) is 0 Å². The minimum absolute atomic E-state index is 0.00965.